The van der Waals surface area contributed by atoms with Crippen LogP contribution in [0, 0.1) is 0 Å². The minimum Gasteiger partial charge on any atom is -0.449 e. The molecular weight excluding hydrogens is 461 g/mol. The van der Waals surface area contributed by atoms with E-state index in [1.54, 1.807) is 48.7 Å². The van der Waals surface area contributed by atoms with E-state index in [1.165, 1.54) is 4.68 Å². The Morgan fingerprint density at radius 1 is 0.879 bits per heavy atom. The highest BCUT2D eigenvalue weighted by molar-refractivity contribution is 6.31. The normalized spacial score (nSPS) is 13.7. The number of anilines is 1. The molecule has 0 radical (unpaired) electrons. The molecule has 0 fully saturated rings. The summed E-state index contributed by atoms with van der Waals surface area (Å²) in [6, 6.07) is 19.5. The smallest absolute Gasteiger partial charge is 0.346 e. The summed E-state index contributed by atoms with van der Waals surface area (Å²) in [6.07, 6.45) is 1.69. The fraction of sp³-hybridized carbons (Fsp3) is 0.120. The van der Waals surface area contributed by atoms with Crippen molar-refractivity contribution >= 4 is 34.9 Å². The highest BCUT2D eigenvalue weighted by atomic mass is 35.5. The summed E-state index contributed by atoms with van der Waals surface area (Å²) in [5.74, 6) is 0.461. The van der Waals surface area contributed by atoms with Crippen molar-refractivity contribution in [1.29, 1.82) is 0 Å². The fourth-order valence-electron chi connectivity index (χ4n) is 3.62. The number of hydrogen-bond donors (Lipinski definition) is 1. The molecule has 2 heterocycles. The monoisotopic (exact) mass is 479 g/mol. The first-order chi connectivity index (χ1) is 15.8. The lowest BCUT2D eigenvalue weighted by Crippen LogP contribution is -2.29. The third kappa shape index (κ3) is 4.40. The third-order valence-corrected chi connectivity index (χ3v) is 5.61. The van der Waals surface area contributed by atoms with Gasteiger partial charge in [-0.25, -0.2) is 4.79 Å². The molecule has 3 aromatic carbocycles. The molecule has 33 heavy (non-hydrogen) atoms. The van der Waals surface area contributed by atoms with Crippen LogP contribution in [0.4, 0.5) is 10.5 Å². The van der Waals surface area contributed by atoms with Crippen molar-refractivity contribution in [3.05, 3.63) is 83.0 Å². The van der Waals surface area contributed by atoms with Crippen LogP contribution in [0.3, 0.4) is 0 Å². The van der Waals surface area contributed by atoms with Crippen molar-refractivity contribution in [2.75, 3.05) is 5.32 Å². The quantitative estimate of drug-likeness (QED) is 0.339. The molecule has 8 heteroatoms. The van der Waals surface area contributed by atoms with Crippen molar-refractivity contribution in [3.8, 4) is 33.9 Å². The summed E-state index contributed by atoms with van der Waals surface area (Å²) in [6.45, 7) is 3.65. The number of benzene rings is 3. The van der Waals surface area contributed by atoms with E-state index >= 15 is 0 Å². The Bertz CT molecular complexity index is 1280. The lowest BCUT2D eigenvalue weighted by Gasteiger charge is -2.16. The van der Waals surface area contributed by atoms with Crippen LogP contribution < -0.4 is 14.8 Å². The summed E-state index contributed by atoms with van der Waals surface area (Å²) in [7, 11) is 0. The van der Waals surface area contributed by atoms with Gasteiger partial charge in [-0.2, -0.15) is 9.78 Å². The van der Waals surface area contributed by atoms with Crippen LogP contribution in [-0.2, 0) is 0 Å². The number of carbonyl (C=O) groups is 1. The first kappa shape index (κ1) is 21.4. The second-order valence-corrected chi connectivity index (χ2v) is 8.92. The molecule has 0 saturated heterocycles. The molecule has 166 valence electrons. The number of nitrogens with zero attached hydrogens (tertiary/aromatic N) is 2. The zero-order valence-electron chi connectivity index (χ0n) is 17.8. The van der Waals surface area contributed by atoms with E-state index in [1.807, 2.05) is 38.1 Å². The number of halogens is 2. The molecule has 1 N–H and O–H groups in total. The van der Waals surface area contributed by atoms with Crippen LogP contribution in [0.15, 0.2) is 72.9 Å². The summed E-state index contributed by atoms with van der Waals surface area (Å²) in [5.41, 5.74) is 3.72. The van der Waals surface area contributed by atoms with Crippen molar-refractivity contribution in [3.63, 3.8) is 0 Å². The van der Waals surface area contributed by atoms with Gasteiger partial charge in [0.15, 0.2) is 11.5 Å². The zero-order valence-corrected chi connectivity index (χ0v) is 19.3. The largest absolute Gasteiger partial charge is 0.449 e. The molecule has 1 aliphatic rings. The molecule has 0 spiro atoms. The maximum absolute atomic E-state index is 13.1. The van der Waals surface area contributed by atoms with Gasteiger partial charge in [0, 0.05) is 53.0 Å². The van der Waals surface area contributed by atoms with Crippen LogP contribution in [0.5, 0.6) is 11.5 Å². The molecule has 4 aromatic rings. The topological polar surface area (TPSA) is 65.4 Å². The summed E-state index contributed by atoms with van der Waals surface area (Å²) >= 11 is 12.1. The van der Waals surface area contributed by atoms with Crippen molar-refractivity contribution in [2.24, 2.45) is 0 Å². The second-order valence-electron chi connectivity index (χ2n) is 8.05. The van der Waals surface area contributed by atoms with Gasteiger partial charge in [0.05, 0.1) is 0 Å². The predicted molar refractivity (Wildman–Crippen MR) is 129 cm³/mol. The third-order valence-electron chi connectivity index (χ3n) is 5.10. The first-order valence-electron chi connectivity index (χ1n) is 10.2. The van der Waals surface area contributed by atoms with Crippen molar-refractivity contribution in [2.45, 2.75) is 19.6 Å². The minimum absolute atomic E-state index is 0.413. The minimum atomic E-state index is -0.742. The number of ether oxygens (including phenoxy) is 2. The molecule has 0 saturated carbocycles. The number of carbonyl (C=O) groups excluding carboxylic acids is 1. The standard InChI is InChI=1S/C25H19Cl2N3O3/c1-25(2)32-21-12-11-19(13-22(21)33-25)28-24(31)30-14-20(15-3-7-17(26)8-4-15)23(29-30)16-5-9-18(27)10-6-16/h3-14H,1-2H3,(H,28,31). The van der Waals surface area contributed by atoms with E-state index in [9.17, 15) is 4.79 Å². The van der Waals surface area contributed by atoms with Gasteiger partial charge in [-0.3, -0.25) is 0 Å². The molecule has 1 aromatic heterocycles. The van der Waals surface area contributed by atoms with Crippen LogP contribution in [0.1, 0.15) is 13.8 Å². The maximum atomic E-state index is 13.1. The molecule has 1 amide bonds. The highest BCUT2D eigenvalue weighted by Gasteiger charge is 2.31. The predicted octanol–water partition coefficient (Wildman–Crippen LogP) is 7.11. The molecule has 0 aliphatic carbocycles. The molecule has 0 bridgehead atoms. The van der Waals surface area contributed by atoms with E-state index in [0.717, 1.165) is 16.7 Å². The van der Waals surface area contributed by atoms with Gasteiger partial charge in [0.1, 0.15) is 5.69 Å². The first-order valence-corrected chi connectivity index (χ1v) is 11.0. The average molecular weight is 480 g/mol. The van der Waals surface area contributed by atoms with Crippen LogP contribution in [-0.4, -0.2) is 21.6 Å². The zero-order chi connectivity index (χ0) is 23.2. The van der Waals surface area contributed by atoms with Gasteiger partial charge in [0.25, 0.3) is 0 Å². The number of fused-ring (bicyclic) bond motifs is 1. The summed E-state index contributed by atoms with van der Waals surface area (Å²) in [5, 5.41) is 8.68. The van der Waals surface area contributed by atoms with E-state index < -0.39 is 11.8 Å². The lowest BCUT2D eigenvalue weighted by molar-refractivity contribution is -0.0431. The van der Waals surface area contributed by atoms with E-state index in [-0.39, 0.29) is 0 Å². The Hall–Kier alpha value is -3.48. The average Bonchev–Trinajstić information content (AvgIpc) is 3.34. The number of amides is 1. The number of aromatic nitrogens is 2. The summed E-state index contributed by atoms with van der Waals surface area (Å²) < 4.78 is 12.7. The molecule has 1 aliphatic heterocycles. The van der Waals surface area contributed by atoms with Crippen LogP contribution >= 0.6 is 23.2 Å². The number of nitrogens with one attached hydrogen (secondary N) is 1. The Balaban J connectivity index is 1.48. The van der Waals surface area contributed by atoms with Gasteiger partial charge in [0.2, 0.25) is 5.79 Å². The molecule has 0 atom stereocenters. The van der Waals surface area contributed by atoms with Crippen LogP contribution in [0.25, 0.3) is 22.4 Å². The summed E-state index contributed by atoms with van der Waals surface area (Å²) in [4.78, 5) is 13.1. The Morgan fingerprint density at radius 3 is 2.15 bits per heavy atom. The van der Waals surface area contributed by atoms with Gasteiger partial charge in [-0.1, -0.05) is 47.5 Å². The molecule has 6 nitrogen and oxygen atoms in total. The lowest BCUT2D eigenvalue weighted by atomic mass is 10.0. The van der Waals surface area contributed by atoms with Gasteiger partial charge >= 0.3 is 6.03 Å². The van der Waals surface area contributed by atoms with Gasteiger partial charge in [-0.05, 0) is 42.0 Å². The van der Waals surface area contributed by atoms with Crippen molar-refractivity contribution in [1.82, 2.24) is 9.78 Å². The maximum Gasteiger partial charge on any atom is 0.346 e. The van der Waals surface area contributed by atoms with Crippen molar-refractivity contribution < 1.29 is 14.3 Å². The Morgan fingerprint density at radius 2 is 1.48 bits per heavy atom. The van der Waals surface area contributed by atoms with E-state index in [0.29, 0.717) is 32.9 Å². The Kier molecular flexibility index (Phi) is 5.27. The van der Waals surface area contributed by atoms with Crippen LogP contribution in [0.2, 0.25) is 10.0 Å². The van der Waals surface area contributed by atoms with Gasteiger partial charge < -0.3 is 14.8 Å². The fourth-order valence-corrected chi connectivity index (χ4v) is 3.87. The number of hydrogen-bond acceptors (Lipinski definition) is 4. The SMILES string of the molecule is CC1(C)Oc2ccc(NC(=O)n3cc(-c4ccc(Cl)cc4)c(-c4ccc(Cl)cc4)n3)cc2O1. The molecule has 5 rings (SSSR count). The second kappa shape index (κ2) is 8.14. The molecule has 0 unspecified atom stereocenters. The molecular formula is C25H19Cl2N3O3. The number of rotatable bonds is 3. The van der Waals surface area contributed by atoms with Gasteiger partial charge in [-0.15, -0.1) is 0 Å². The van der Waals surface area contributed by atoms with E-state index in [2.05, 4.69) is 10.4 Å². The highest BCUT2D eigenvalue weighted by Crippen LogP contribution is 2.40. The Labute approximate surface area is 200 Å². The van der Waals surface area contributed by atoms with E-state index in [4.69, 9.17) is 32.7 Å².